The molecule has 0 aromatic carbocycles. The van der Waals surface area contributed by atoms with Crippen LogP contribution in [-0.2, 0) is 14.3 Å². The summed E-state index contributed by atoms with van der Waals surface area (Å²) in [6.07, 6.45) is -4.97. The number of carbonyl (C=O) groups is 2. The van der Waals surface area contributed by atoms with Crippen molar-refractivity contribution in [3.8, 4) is 0 Å². The molecule has 6 atom stereocenters. The third-order valence-electron chi connectivity index (χ3n) is 3.52. The van der Waals surface area contributed by atoms with Crippen molar-refractivity contribution < 1.29 is 39.9 Å². The fourth-order valence-electron chi connectivity index (χ4n) is 2.44. The van der Waals surface area contributed by atoms with Crippen molar-refractivity contribution in [2.45, 2.75) is 50.4 Å². The van der Waals surface area contributed by atoms with Gasteiger partial charge in [-0.25, -0.2) is 4.79 Å². The van der Waals surface area contributed by atoms with Crippen molar-refractivity contribution in [2.24, 2.45) is 5.92 Å². The number of nitrogens with one attached hydrogen (secondary N) is 1. The molecule has 0 bridgehead atoms. The van der Waals surface area contributed by atoms with E-state index in [0.717, 1.165) is 0 Å². The summed E-state index contributed by atoms with van der Waals surface area (Å²) in [6, 6.07) is -0.821. The van der Waals surface area contributed by atoms with Gasteiger partial charge in [0.15, 0.2) is 0 Å². The zero-order chi connectivity index (χ0) is 16.4. The second-order valence-corrected chi connectivity index (χ2v) is 5.32. The molecule has 1 amide bonds. The Kier molecular flexibility index (Phi) is 5.65. The van der Waals surface area contributed by atoms with Gasteiger partial charge >= 0.3 is 5.97 Å². The quantitative estimate of drug-likeness (QED) is 0.323. The number of rotatable bonds is 5. The lowest BCUT2D eigenvalue weighted by molar-refractivity contribution is -0.288. The number of amides is 1. The van der Waals surface area contributed by atoms with E-state index in [2.05, 4.69) is 5.32 Å². The maximum atomic E-state index is 11.2. The van der Waals surface area contributed by atoms with Gasteiger partial charge in [0, 0.05) is 13.3 Å². The maximum Gasteiger partial charge on any atom is 0.364 e. The first kappa shape index (κ1) is 17.8. The van der Waals surface area contributed by atoms with Crippen LogP contribution in [0.15, 0.2) is 0 Å². The van der Waals surface area contributed by atoms with Gasteiger partial charge < -0.3 is 35.6 Å². The number of aliphatic carboxylic acids is 1. The van der Waals surface area contributed by atoms with Gasteiger partial charge in [0.25, 0.3) is 5.79 Å². The van der Waals surface area contributed by atoms with Crippen molar-refractivity contribution in [1.29, 1.82) is 0 Å². The standard InChI is InChI=1S/C12H21NO8/c1-5-3-12(20,11(18)19)21-10(8(5)13-6(2)15)9(17)7(16)4-14/h5,7-10,14,16-17,20H,3-4H2,1-2H3,(H,13,15)(H,18,19). The molecule has 0 aliphatic carbocycles. The molecule has 1 saturated heterocycles. The molecule has 0 saturated carbocycles. The molecule has 122 valence electrons. The Hall–Kier alpha value is -1.26. The highest BCUT2D eigenvalue weighted by atomic mass is 16.7. The van der Waals surface area contributed by atoms with E-state index in [1.165, 1.54) is 6.92 Å². The number of hydrogen-bond donors (Lipinski definition) is 6. The van der Waals surface area contributed by atoms with Gasteiger partial charge in [-0.1, -0.05) is 6.92 Å². The summed E-state index contributed by atoms with van der Waals surface area (Å²) < 4.78 is 5.02. The molecule has 0 radical (unpaired) electrons. The summed E-state index contributed by atoms with van der Waals surface area (Å²) >= 11 is 0. The normalized spacial score (nSPS) is 35.8. The van der Waals surface area contributed by atoms with Gasteiger partial charge in [-0.15, -0.1) is 0 Å². The first-order chi connectivity index (χ1) is 9.62. The van der Waals surface area contributed by atoms with Crippen LogP contribution in [0.1, 0.15) is 20.3 Å². The molecule has 1 fully saturated rings. The topological polar surface area (TPSA) is 157 Å². The predicted octanol–water partition coefficient (Wildman–Crippen LogP) is -2.60. The van der Waals surface area contributed by atoms with Crippen LogP contribution in [-0.4, -0.2) is 74.2 Å². The summed E-state index contributed by atoms with van der Waals surface area (Å²) in [5.74, 6) is -5.15. The molecule has 0 aromatic rings. The second kappa shape index (κ2) is 6.67. The molecular weight excluding hydrogens is 286 g/mol. The maximum absolute atomic E-state index is 11.2. The summed E-state index contributed by atoms with van der Waals surface area (Å²) in [5.41, 5.74) is 0. The van der Waals surface area contributed by atoms with Crippen LogP contribution in [0.5, 0.6) is 0 Å². The van der Waals surface area contributed by atoms with Crippen LogP contribution in [0, 0.1) is 5.92 Å². The smallest absolute Gasteiger partial charge is 0.364 e. The highest BCUT2D eigenvalue weighted by molar-refractivity contribution is 5.76. The van der Waals surface area contributed by atoms with Crippen LogP contribution >= 0.6 is 0 Å². The molecule has 21 heavy (non-hydrogen) atoms. The van der Waals surface area contributed by atoms with E-state index < -0.39 is 54.5 Å². The van der Waals surface area contributed by atoms with Gasteiger partial charge in [0.05, 0.1) is 12.6 Å². The Morgan fingerprint density at radius 2 is 2.00 bits per heavy atom. The van der Waals surface area contributed by atoms with E-state index in [4.69, 9.17) is 14.9 Å². The first-order valence-corrected chi connectivity index (χ1v) is 6.50. The van der Waals surface area contributed by atoms with Crippen LogP contribution < -0.4 is 5.32 Å². The molecule has 1 aliphatic rings. The number of carbonyl (C=O) groups excluding carboxylic acids is 1. The van der Waals surface area contributed by atoms with Gasteiger partial charge in [0.2, 0.25) is 5.91 Å². The number of carboxylic acids is 1. The lowest BCUT2D eigenvalue weighted by Gasteiger charge is -2.45. The minimum absolute atomic E-state index is 0.300. The molecule has 0 spiro atoms. The van der Waals surface area contributed by atoms with Crippen molar-refractivity contribution in [1.82, 2.24) is 5.32 Å². The average molecular weight is 307 g/mol. The van der Waals surface area contributed by atoms with E-state index in [9.17, 15) is 24.9 Å². The minimum atomic E-state index is -2.53. The summed E-state index contributed by atoms with van der Waals surface area (Å²) in [7, 11) is 0. The summed E-state index contributed by atoms with van der Waals surface area (Å²) in [4.78, 5) is 22.3. The highest BCUT2D eigenvalue weighted by Crippen LogP contribution is 2.33. The fraction of sp³-hybridized carbons (Fsp3) is 0.833. The molecule has 6 unspecified atom stereocenters. The molecule has 9 nitrogen and oxygen atoms in total. The number of hydrogen-bond acceptors (Lipinski definition) is 7. The summed E-state index contributed by atoms with van der Waals surface area (Å²) in [5, 5.41) is 49.8. The van der Waals surface area contributed by atoms with Gasteiger partial charge in [0.1, 0.15) is 18.3 Å². The van der Waals surface area contributed by atoms with Crippen molar-refractivity contribution in [3.63, 3.8) is 0 Å². The molecule has 0 aromatic heterocycles. The lowest BCUT2D eigenvalue weighted by Crippen LogP contribution is -2.65. The zero-order valence-electron chi connectivity index (χ0n) is 11.8. The largest absolute Gasteiger partial charge is 0.477 e. The van der Waals surface area contributed by atoms with E-state index in [0.29, 0.717) is 0 Å². The van der Waals surface area contributed by atoms with Crippen molar-refractivity contribution in [3.05, 3.63) is 0 Å². The van der Waals surface area contributed by atoms with Gasteiger partial charge in [-0.2, -0.15) is 0 Å². The Morgan fingerprint density at radius 3 is 2.43 bits per heavy atom. The average Bonchev–Trinajstić information content (AvgIpc) is 2.39. The van der Waals surface area contributed by atoms with Gasteiger partial charge in [-0.3, -0.25) is 4.79 Å². The van der Waals surface area contributed by atoms with E-state index in [-0.39, 0.29) is 6.42 Å². The number of aliphatic hydroxyl groups is 4. The molecule has 1 heterocycles. The second-order valence-electron chi connectivity index (χ2n) is 5.32. The molecule has 9 heteroatoms. The van der Waals surface area contributed by atoms with Crippen molar-refractivity contribution >= 4 is 11.9 Å². The molecule has 1 aliphatic heterocycles. The number of aliphatic hydroxyl groups excluding tert-OH is 3. The third-order valence-corrected chi connectivity index (χ3v) is 3.52. The summed E-state index contributed by atoms with van der Waals surface area (Å²) in [6.45, 7) is 2.02. The Bertz CT molecular complexity index is 403. The van der Waals surface area contributed by atoms with Crippen LogP contribution in [0.3, 0.4) is 0 Å². The monoisotopic (exact) mass is 307 g/mol. The lowest BCUT2D eigenvalue weighted by atomic mass is 9.83. The Labute approximate surface area is 121 Å². The van der Waals surface area contributed by atoms with Crippen LogP contribution in [0.4, 0.5) is 0 Å². The fourth-order valence-corrected chi connectivity index (χ4v) is 2.44. The highest BCUT2D eigenvalue weighted by Gasteiger charge is 2.52. The molecular formula is C12H21NO8. The third kappa shape index (κ3) is 3.89. The predicted molar refractivity (Wildman–Crippen MR) is 67.9 cm³/mol. The number of ether oxygens (including phenoxy) is 1. The van der Waals surface area contributed by atoms with Crippen LogP contribution in [0.25, 0.3) is 0 Å². The molecule has 6 N–H and O–H groups in total. The van der Waals surface area contributed by atoms with Crippen LogP contribution in [0.2, 0.25) is 0 Å². The van der Waals surface area contributed by atoms with E-state index >= 15 is 0 Å². The first-order valence-electron chi connectivity index (χ1n) is 6.50. The minimum Gasteiger partial charge on any atom is -0.477 e. The molecule has 1 rings (SSSR count). The number of carboxylic acid groups (broad SMARTS) is 1. The van der Waals surface area contributed by atoms with Crippen molar-refractivity contribution in [2.75, 3.05) is 6.61 Å². The van der Waals surface area contributed by atoms with Gasteiger partial charge in [-0.05, 0) is 5.92 Å². The SMILES string of the molecule is CC(=O)NC1C(C)CC(O)(C(=O)O)OC1C(O)C(O)CO. The Morgan fingerprint density at radius 1 is 1.43 bits per heavy atom. The Balaban J connectivity index is 3.07. The van der Waals surface area contributed by atoms with E-state index in [1.54, 1.807) is 6.92 Å². The zero-order valence-corrected chi connectivity index (χ0v) is 11.8. The van der Waals surface area contributed by atoms with E-state index in [1.807, 2.05) is 0 Å².